The van der Waals surface area contributed by atoms with E-state index in [2.05, 4.69) is 4.74 Å². The van der Waals surface area contributed by atoms with Crippen molar-refractivity contribution in [2.75, 3.05) is 0 Å². The fourth-order valence-corrected chi connectivity index (χ4v) is 0.775. The Morgan fingerprint density at radius 1 is 1.38 bits per heavy atom. The average Bonchev–Trinajstić information content (AvgIpc) is 2.03. The molecule has 1 unspecified atom stereocenters. The van der Waals surface area contributed by atoms with Crippen LogP contribution in [0.5, 0.6) is 0 Å². The summed E-state index contributed by atoms with van der Waals surface area (Å²) in [5, 5.41) is 29.3. The van der Waals surface area contributed by atoms with Crippen molar-refractivity contribution >= 4 is 11.9 Å². The minimum absolute atomic E-state index is 0.460. The second-order valence-corrected chi connectivity index (χ2v) is 2.21. The summed E-state index contributed by atoms with van der Waals surface area (Å²) < 4.78 is 4.32. The molecule has 70 valence electrons. The Labute approximate surface area is 72.4 Å². The minimum atomic E-state index is -1.70. The van der Waals surface area contributed by atoms with Crippen molar-refractivity contribution in [3.63, 3.8) is 0 Å². The van der Waals surface area contributed by atoms with Crippen LogP contribution in [0.3, 0.4) is 0 Å². The molecule has 0 fully saturated rings. The van der Waals surface area contributed by atoms with E-state index in [1.165, 1.54) is 0 Å². The minimum Gasteiger partial charge on any atom is -0.545 e. The molecule has 1 atom stereocenters. The van der Waals surface area contributed by atoms with Crippen LogP contribution in [0, 0.1) is 0 Å². The van der Waals surface area contributed by atoms with E-state index in [9.17, 15) is 19.8 Å². The number of ether oxygens (including phenoxy) is 1. The molecule has 0 spiro atoms. The van der Waals surface area contributed by atoms with Crippen LogP contribution in [0.15, 0.2) is 23.5 Å². The van der Waals surface area contributed by atoms with Gasteiger partial charge in [0.2, 0.25) is 6.29 Å². The van der Waals surface area contributed by atoms with Gasteiger partial charge in [-0.25, -0.2) is 0 Å². The molecule has 0 aliphatic carbocycles. The molecule has 1 heterocycles. The number of aliphatic carboxylic acids is 2. The standard InChI is InChI=1S/C7H6O6/c8-5-2-3(6(9)10)1-4(13-5)7(11)12/h1-2,5,8H,(H,9,10)(H,11,12)/p-2. The van der Waals surface area contributed by atoms with E-state index in [0.717, 1.165) is 6.08 Å². The fourth-order valence-electron chi connectivity index (χ4n) is 0.775. The van der Waals surface area contributed by atoms with E-state index in [4.69, 9.17) is 5.11 Å². The van der Waals surface area contributed by atoms with Crippen molar-refractivity contribution in [2.24, 2.45) is 0 Å². The lowest BCUT2D eigenvalue weighted by Gasteiger charge is -2.20. The molecule has 0 aromatic rings. The van der Waals surface area contributed by atoms with Gasteiger partial charge >= 0.3 is 0 Å². The van der Waals surface area contributed by atoms with Gasteiger partial charge in [-0.2, -0.15) is 0 Å². The lowest BCUT2D eigenvalue weighted by molar-refractivity contribution is -0.305. The number of aliphatic hydroxyl groups is 1. The van der Waals surface area contributed by atoms with E-state index < -0.39 is 29.6 Å². The van der Waals surface area contributed by atoms with Gasteiger partial charge in [-0.3, -0.25) is 0 Å². The SMILES string of the molecule is O=C([O-])C1=CC(O)OC(C(=O)[O-])=C1. The van der Waals surface area contributed by atoms with Crippen molar-refractivity contribution < 1.29 is 29.6 Å². The van der Waals surface area contributed by atoms with Crippen molar-refractivity contribution in [3.8, 4) is 0 Å². The van der Waals surface area contributed by atoms with Crippen molar-refractivity contribution in [1.29, 1.82) is 0 Å². The molecule has 0 radical (unpaired) electrons. The maximum atomic E-state index is 10.3. The molecule has 0 saturated heterocycles. The molecule has 6 heteroatoms. The highest BCUT2D eigenvalue weighted by atomic mass is 16.6. The molecule has 0 aromatic heterocycles. The lowest BCUT2D eigenvalue weighted by Crippen LogP contribution is -2.32. The summed E-state index contributed by atoms with van der Waals surface area (Å²) in [6.45, 7) is 0. The molecular weight excluding hydrogens is 180 g/mol. The van der Waals surface area contributed by atoms with Crippen LogP contribution in [-0.2, 0) is 14.3 Å². The maximum absolute atomic E-state index is 10.3. The molecular formula is C7H4O6-2. The predicted molar refractivity (Wildman–Crippen MR) is 33.3 cm³/mol. The summed E-state index contributed by atoms with van der Waals surface area (Å²) in [4.78, 5) is 20.5. The zero-order valence-corrected chi connectivity index (χ0v) is 6.22. The number of rotatable bonds is 2. The molecule has 0 bridgehead atoms. The number of hydrogen-bond acceptors (Lipinski definition) is 6. The maximum Gasteiger partial charge on any atom is 0.218 e. The summed E-state index contributed by atoms with van der Waals surface area (Å²) in [6, 6.07) is 0. The summed E-state index contributed by atoms with van der Waals surface area (Å²) in [5.41, 5.74) is -0.460. The van der Waals surface area contributed by atoms with E-state index >= 15 is 0 Å². The van der Waals surface area contributed by atoms with E-state index in [1.54, 1.807) is 0 Å². The first-order valence-electron chi connectivity index (χ1n) is 3.21. The number of aliphatic hydroxyl groups excluding tert-OH is 1. The van der Waals surface area contributed by atoms with Crippen LogP contribution < -0.4 is 10.2 Å². The van der Waals surface area contributed by atoms with Gasteiger partial charge in [0, 0.05) is 5.57 Å². The number of carboxylic acid groups (broad SMARTS) is 2. The third kappa shape index (κ3) is 2.06. The van der Waals surface area contributed by atoms with Gasteiger partial charge < -0.3 is 29.6 Å². The van der Waals surface area contributed by atoms with E-state index in [-0.39, 0.29) is 0 Å². The van der Waals surface area contributed by atoms with Crippen molar-refractivity contribution in [3.05, 3.63) is 23.5 Å². The first-order valence-corrected chi connectivity index (χ1v) is 3.21. The number of carbonyl (C=O) groups is 2. The van der Waals surface area contributed by atoms with Gasteiger partial charge in [0.1, 0.15) is 11.7 Å². The molecule has 0 saturated carbocycles. The average molecular weight is 184 g/mol. The van der Waals surface area contributed by atoms with Crippen LogP contribution in [-0.4, -0.2) is 23.3 Å². The summed E-state index contributed by atoms with van der Waals surface area (Å²) in [5.74, 6) is -4.04. The third-order valence-electron chi connectivity index (χ3n) is 1.29. The highest BCUT2D eigenvalue weighted by molar-refractivity contribution is 5.92. The number of hydrogen-bond donors (Lipinski definition) is 1. The molecule has 1 aliphatic rings. The molecule has 1 N–H and O–H groups in total. The molecule has 1 rings (SSSR count). The molecule has 0 aromatic carbocycles. The lowest BCUT2D eigenvalue weighted by atomic mass is 10.2. The highest BCUT2D eigenvalue weighted by Crippen LogP contribution is 2.13. The second-order valence-electron chi connectivity index (χ2n) is 2.21. The monoisotopic (exact) mass is 184 g/mol. The predicted octanol–water partition coefficient (Wildman–Crippen LogP) is -3.35. The van der Waals surface area contributed by atoms with Gasteiger partial charge in [0.15, 0.2) is 0 Å². The Morgan fingerprint density at radius 3 is 2.46 bits per heavy atom. The normalized spacial score (nSPS) is 21.2. The van der Waals surface area contributed by atoms with Crippen LogP contribution in [0.2, 0.25) is 0 Å². The summed E-state index contributed by atoms with van der Waals surface area (Å²) in [6.07, 6.45) is -0.0927. The zero-order valence-electron chi connectivity index (χ0n) is 6.22. The van der Waals surface area contributed by atoms with Crippen molar-refractivity contribution in [1.82, 2.24) is 0 Å². The smallest absolute Gasteiger partial charge is 0.218 e. The first-order chi connectivity index (χ1) is 6.00. The number of carboxylic acids is 2. The van der Waals surface area contributed by atoms with Crippen LogP contribution in [0.1, 0.15) is 0 Å². The zero-order chi connectivity index (χ0) is 10.0. The van der Waals surface area contributed by atoms with Gasteiger partial charge in [-0.05, 0) is 12.2 Å². The molecule has 13 heavy (non-hydrogen) atoms. The summed E-state index contributed by atoms with van der Waals surface area (Å²) >= 11 is 0. The van der Waals surface area contributed by atoms with Crippen LogP contribution in [0.25, 0.3) is 0 Å². The molecule has 6 nitrogen and oxygen atoms in total. The summed E-state index contributed by atoms with van der Waals surface area (Å²) in [7, 11) is 0. The van der Waals surface area contributed by atoms with Gasteiger partial charge in [0.25, 0.3) is 0 Å². The van der Waals surface area contributed by atoms with Crippen molar-refractivity contribution in [2.45, 2.75) is 6.29 Å². The Balaban J connectivity index is 2.98. The van der Waals surface area contributed by atoms with E-state index in [0.29, 0.717) is 6.08 Å². The highest BCUT2D eigenvalue weighted by Gasteiger charge is 2.14. The van der Waals surface area contributed by atoms with Crippen LogP contribution >= 0.6 is 0 Å². The number of carbonyl (C=O) groups excluding carboxylic acids is 2. The molecule has 0 amide bonds. The van der Waals surface area contributed by atoms with Gasteiger partial charge in [-0.1, -0.05) is 0 Å². The quantitative estimate of drug-likeness (QED) is 0.480. The van der Waals surface area contributed by atoms with Gasteiger partial charge in [0.05, 0.1) is 5.97 Å². The Kier molecular flexibility index (Phi) is 2.34. The Morgan fingerprint density at radius 2 is 2.00 bits per heavy atom. The van der Waals surface area contributed by atoms with E-state index in [1.807, 2.05) is 0 Å². The first kappa shape index (κ1) is 9.27. The van der Waals surface area contributed by atoms with Crippen LogP contribution in [0.4, 0.5) is 0 Å². The second kappa shape index (κ2) is 3.28. The van der Waals surface area contributed by atoms with Gasteiger partial charge in [-0.15, -0.1) is 0 Å². The fraction of sp³-hybridized carbons (Fsp3) is 0.143. The molecule has 1 aliphatic heterocycles. The topological polar surface area (TPSA) is 110 Å². The Bertz CT molecular complexity index is 313. The Hall–Kier alpha value is -1.82. The third-order valence-corrected chi connectivity index (χ3v) is 1.29. The largest absolute Gasteiger partial charge is 0.545 e.